The van der Waals surface area contributed by atoms with Crippen molar-refractivity contribution in [3.63, 3.8) is 0 Å². The Morgan fingerprint density at radius 2 is 1.74 bits per heavy atom. The van der Waals surface area contributed by atoms with Gasteiger partial charge in [0.1, 0.15) is 17.9 Å². The fourth-order valence-corrected chi connectivity index (χ4v) is 4.51. The number of aromatic carboxylic acids is 1. The van der Waals surface area contributed by atoms with Crippen molar-refractivity contribution in [1.29, 1.82) is 5.26 Å². The maximum absolute atomic E-state index is 13.7. The molecule has 2 aliphatic rings. The van der Waals surface area contributed by atoms with Crippen molar-refractivity contribution >= 4 is 11.9 Å². The number of nitriles is 1. The van der Waals surface area contributed by atoms with Crippen LogP contribution in [0, 0.1) is 11.3 Å². The lowest BCUT2D eigenvalue weighted by Gasteiger charge is -2.43. The van der Waals surface area contributed by atoms with Crippen LogP contribution in [0.1, 0.15) is 47.2 Å². The highest BCUT2D eigenvalue weighted by Crippen LogP contribution is 2.46. The van der Waals surface area contributed by atoms with E-state index in [4.69, 9.17) is 19.8 Å². The lowest BCUT2D eigenvalue weighted by atomic mass is 9.86. The molecule has 1 saturated heterocycles. The SMILES string of the molecule is CN(CCOc1ccc(C#N)cc1)C1(C(=O)NC2(c3ccc(C(=O)O)cc3)CC2)CCOCC1. The lowest BCUT2D eigenvalue weighted by molar-refractivity contribution is -0.140. The van der Waals surface area contributed by atoms with Gasteiger partial charge in [-0.3, -0.25) is 9.69 Å². The van der Waals surface area contributed by atoms with E-state index in [0.717, 1.165) is 18.4 Å². The number of ether oxygens (including phenoxy) is 2. The topological polar surface area (TPSA) is 112 Å². The first-order valence-corrected chi connectivity index (χ1v) is 11.5. The number of carbonyl (C=O) groups excluding carboxylic acids is 1. The van der Waals surface area contributed by atoms with Gasteiger partial charge in [0.05, 0.1) is 22.7 Å². The van der Waals surface area contributed by atoms with Crippen LogP contribution in [0.25, 0.3) is 0 Å². The third kappa shape index (κ3) is 4.91. The minimum atomic E-state index is -0.966. The minimum absolute atomic E-state index is 0.0310. The number of nitrogens with one attached hydrogen (secondary N) is 1. The average Bonchev–Trinajstić information content (AvgIpc) is 3.65. The zero-order valence-electron chi connectivity index (χ0n) is 19.3. The molecule has 2 fully saturated rings. The van der Waals surface area contributed by atoms with Crippen LogP contribution in [0.3, 0.4) is 0 Å². The van der Waals surface area contributed by atoms with Gasteiger partial charge in [-0.1, -0.05) is 12.1 Å². The third-order valence-electron chi connectivity index (χ3n) is 6.94. The molecule has 0 aromatic heterocycles. The molecular formula is C26H29N3O5. The smallest absolute Gasteiger partial charge is 0.335 e. The second-order valence-corrected chi connectivity index (χ2v) is 8.97. The van der Waals surface area contributed by atoms with Crippen molar-refractivity contribution in [2.24, 2.45) is 0 Å². The molecule has 8 nitrogen and oxygen atoms in total. The van der Waals surface area contributed by atoms with Gasteiger partial charge in [0.25, 0.3) is 0 Å². The van der Waals surface area contributed by atoms with E-state index in [0.29, 0.717) is 50.5 Å². The summed E-state index contributed by atoms with van der Waals surface area (Å²) in [6.45, 7) is 1.97. The first-order valence-electron chi connectivity index (χ1n) is 11.5. The predicted octanol–water partition coefficient (Wildman–Crippen LogP) is 2.92. The molecule has 1 aliphatic carbocycles. The standard InChI is InChI=1S/C26H29N3O5/c1-29(14-17-34-22-8-2-19(18-27)3-9-22)26(12-15-33-16-13-26)24(32)28-25(10-11-25)21-6-4-20(5-7-21)23(30)31/h2-9H,10-17H2,1H3,(H,28,32)(H,30,31). The van der Waals surface area contributed by atoms with Gasteiger partial charge in [0, 0.05) is 19.8 Å². The highest BCUT2D eigenvalue weighted by atomic mass is 16.5. The molecule has 0 atom stereocenters. The summed E-state index contributed by atoms with van der Waals surface area (Å²) >= 11 is 0. The fourth-order valence-electron chi connectivity index (χ4n) is 4.51. The number of carboxylic acid groups (broad SMARTS) is 1. The van der Waals surface area contributed by atoms with Crippen LogP contribution in [0.2, 0.25) is 0 Å². The average molecular weight is 464 g/mol. The molecule has 0 spiro atoms. The number of hydrogen-bond donors (Lipinski definition) is 2. The normalized spacial score (nSPS) is 18.0. The van der Waals surface area contributed by atoms with Crippen LogP contribution in [0.15, 0.2) is 48.5 Å². The number of rotatable bonds is 9. The third-order valence-corrected chi connectivity index (χ3v) is 6.94. The van der Waals surface area contributed by atoms with Gasteiger partial charge >= 0.3 is 5.97 Å². The Morgan fingerprint density at radius 3 is 2.29 bits per heavy atom. The summed E-state index contributed by atoms with van der Waals surface area (Å²) in [5.41, 5.74) is 0.588. The van der Waals surface area contributed by atoms with Crippen LogP contribution in [-0.2, 0) is 15.1 Å². The molecule has 4 rings (SSSR count). The van der Waals surface area contributed by atoms with Crippen molar-refractivity contribution in [2.45, 2.75) is 36.8 Å². The number of carbonyl (C=O) groups is 2. The highest BCUT2D eigenvalue weighted by Gasteiger charge is 2.51. The van der Waals surface area contributed by atoms with Gasteiger partial charge in [-0.05, 0) is 74.7 Å². The minimum Gasteiger partial charge on any atom is -0.492 e. The second kappa shape index (κ2) is 9.84. The number of carboxylic acids is 1. The summed E-state index contributed by atoms with van der Waals surface area (Å²) in [5.74, 6) is -0.317. The largest absolute Gasteiger partial charge is 0.492 e. The molecule has 0 bridgehead atoms. The van der Waals surface area contributed by atoms with Gasteiger partial charge in [-0.15, -0.1) is 0 Å². The Labute approximate surface area is 199 Å². The number of likely N-dealkylation sites (N-methyl/N-ethyl adjacent to an activating group) is 1. The summed E-state index contributed by atoms with van der Waals surface area (Å²) in [4.78, 5) is 26.9. The van der Waals surface area contributed by atoms with Crippen LogP contribution in [0.4, 0.5) is 0 Å². The van der Waals surface area contributed by atoms with E-state index in [9.17, 15) is 9.59 Å². The van der Waals surface area contributed by atoms with Gasteiger partial charge in [-0.2, -0.15) is 5.26 Å². The van der Waals surface area contributed by atoms with Crippen LogP contribution < -0.4 is 10.1 Å². The molecule has 2 aromatic carbocycles. The Balaban J connectivity index is 1.42. The van der Waals surface area contributed by atoms with Crippen LogP contribution in [0.5, 0.6) is 5.75 Å². The molecule has 1 saturated carbocycles. The first-order chi connectivity index (χ1) is 16.4. The van der Waals surface area contributed by atoms with E-state index in [1.54, 1.807) is 48.5 Å². The van der Waals surface area contributed by atoms with Gasteiger partial charge in [0.15, 0.2) is 0 Å². The maximum Gasteiger partial charge on any atom is 0.335 e. The van der Waals surface area contributed by atoms with E-state index in [1.807, 2.05) is 7.05 Å². The summed E-state index contributed by atoms with van der Waals surface area (Å²) < 4.78 is 11.4. The van der Waals surface area contributed by atoms with Crippen molar-refractivity contribution < 1.29 is 24.2 Å². The number of benzene rings is 2. The zero-order chi connectivity index (χ0) is 24.2. The number of hydrogen-bond acceptors (Lipinski definition) is 6. The molecular weight excluding hydrogens is 434 g/mol. The van der Waals surface area contributed by atoms with Crippen molar-refractivity contribution in [3.05, 3.63) is 65.2 Å². The summed E-state index contributed by atoms with van der Waals surface area (Å²) in [6.07, 6.45) is 2.81. The molecule has 2 aromatic rings. The molecule has 1 amide bonds. The van der Waals surface area contributed by atoms with Gasteiger partial charge < -0.3 is 19.9 Å². The van der Waals surface area contributed by atoms with E-state index in [1.165, 1.54) is 0 Å². The van der Waals surface area contributed by atoms with E-state index in [-0.39, 0.29) is 11.5 Å². The number of nitrogens with zero attached hydrogens (tertiary/aromatic N) is 2. The van der Waals surface area contributed by atoms with E-state index >= 15 is 0 Å². The Morgan fingerprint density at radius 1 is 1.09 bits per heavy atom. The van der Waals surface area contributed by atoms with E-state index in [2.05, 4.69) is 16.3 Å². The molecule has 8 heteroatoms. The number of amides is 1. The Bertz CT molecular complexity index is 1070. The van der Waals surface area contributed by atoms with Gasteiger partial charge in [-0.25, -0.2) is 4.79 Å². The Kier molecular flexibility index (Phi) is 6.87. The van der Waals surface area contributed by atoms with Crippen molar-refractivity contribution in [3.8, 4) is 11.8 Å². The summed E-state index contributed by atoms with van der Waals surface area (Å²) in [7, 11) is 1.94. The molecule has 0 radical (unpaired) electrons. The second-order valence-electron chi connectivity index (χ2n) is 8.97. The summed E-state index contributed by atoms with van der Waals surface area (Å²) in [6, 6.07) is 15.8. The Hall–Kier alpha value is -3.41. The van der Waals surface area contributed by atoms with Crippen LogP contribution >= 0.6 is 0 Å². The van der Waals surface area contributed by atoms with Crippen molar-refractivity contribution in [2.75, 3.05) is 33.4 Å². The monoisotopic (exact) mass is 463 g/mol. The molecule has 2 N–H and O–H groups in total. The zero-order valence-corrected chi connectivity index (χ0v) is 19.3. The molecule has 1 heterocycles. The van der Waals surface area contributed by atoms with Crippen LogP contribution in [-0.4, -0.2) is 60.8 Å². The van der Waals surface area contributed by atoms with Crippen molar-refractivity contribution in [1.82, 2.24) is 10.2 Å². The quantitative estimate of drug-likeness (QED) is 0.588. The lowest BCUT2D eigenvalue weighted by Crippen LogP contribution is -2.62. The molecule has 1 aliphatic heterocycles. The molecule has 0 unspecified atom stereocenters. The maximum atomic E-state index is 13.7. The van der Waals surface area contributed by atoms with E-state index < -0.39 is 17.0 Å². The molecule has 178 valence electrons. The summed E-state index contributed by atoms with van der Waals surface area (Å²) in [5, 5.41) is 21.4. The van der Waals surface area contributed by atoms with Gasteiger partial charge in [0.2, 0.25) is 5.91 Å². The fraction of sp³-hybridized carbons (Fsp3) is 0.423. The molecule has 34 heavy (non-hydrogen) atoms. The highest BCUT2D eigenvalue weighted by molar-refractivity contribution is 5.88. The first kappa shape index (κ1) is 23.7. The predicted molar refractivity (Wildman–Crippen MR) is 125 cm³/mol.